The van der Waals surface area contributed by atoms with Gasteiger partial charge in [-0.25, -0.2) is 4.98 Å². The Morgan fingerprint density at radius 2 is 2.50 bits per heavy atom. The summed E-state index contributed by atoms with van der Waals surface area (Å²) < 4.78 is 0. The van der Waals surface area contributed by atoms with Crippen molar-refractivity contribution in [2.45, 2.75) is 33.1 Å². The lowest BCUT2D eigenvalue weighted by Gasteiger charge is -2.31. The van der Waals surface area contributed by atoms with Crippen LogP contribution in [-0.2, 0) is 0 Å². The third kappa shape index (κ3) is 1.91. The van der Waals surface area contributed by atoms with Gasteiger partial charge >= 0.3 is 0 Å². The molecule has 1 N–H and O–H groups in total. The minimum absolute atomic E-state index is 0.856. The van der Waals surface area contributed by atoms with Crippen molar-refractivity contribution >= 4 is 5.95 Å². The summed E-state index contributed by atoms with van der Waals surface area (Å²) in [5, 5.41) is 0. The van der Waals surface area contributed by atoms with E-state index in [1.165, 1.54) is 25.8 Å². The van der Waals surface area contributed by atoms with Gasteiger partial charge in [0.25, 0.3) is 0 Å². The maximum Gasteiger partial charge on any atom is 0.202 e. The molecule has 2 heterocycles. The van der Waals surface area contributed by atoms with Crippen LogP contribution in [0.5, 0.6) is 0 Å². The molecule has 1 saturated heterocycles. The summed E-state index contributed by atoms with van der Waals surface area (Å²) in [6.07, 6.45) is 5.88. The lowest BCUT2D eigenvalue weighted by Crippen LogP contribution is -2.35. The van der Waals surface area contributed by atoms with Crippen LogP contribution >= 0.6 is 0 Å². The molecule has 3 heteroatoms. The summed E-state index contributed by atoms with van der Waals surface area (Å²) in [5.74, 6) is 1.91. The van der Waals surface area contributed by atoms with Gasteiger partial charge in [-0.15, -0.1) is 0 Å². The van der Waals surface area contributed by atoms with E-state index in [2.05, 4.69) is 28.7 Å². The minimum Gasteiger partial charge on any atom is -0.342 e. The van der Waals surface area contributed by atoms with Crippen LogP contribution < -0.4 is 4.90 Å². The molecule has 0 aliphatic carbocycles. The Morgan fingerprint density at radius 1 is 1.64 bits per heavy atom. The maximum absolute atomic E-state index is 4.38. The van der Waals surface area contributed by atoms with Gasteiger partial charge in [0, 0.05) is 25.0 Å². The number of aryl methyl sites for hydroxylation is 1. The molecule has 2 rings (SSSR count). The van der Waals surface area contributed by atoms with E-state index in [1.807, 2.05) is 6.20 Å². The van der Waals surface area contributed by atoms with Crippen LogP contribution in [0.1, 0.15) is 31.9 Å². The predicted octanol–water partition coefficient (Wildman–Crippen LogP) is 2.34. The second-order valence-electron chi connectivity index (χ2n) is 4.25. The molecule has 3 nitrogen and oxygen atoms in total. The van der Waals surface area contributed by atoms with E-state index in [1.54, 1.807) is 0 Å². The van der Waals surface area contributed by atoms with Crippen molar-refractivity contribution in [2.75, 3.05) is 18.0 Å². The van der Waals surface area contributed by atoms with Crippen LogP contribution in [0, 0.1) is 12.8 Å². The van der Waals surface area contributed by atoms with E-state index >= 15 is 0 Å². The number of aromatic nitrogens is 2. The molecule has 0 radical (unpaired) electrons. The predicted molar refractivity (Wildman–Crippen MR) is 58.6 cm³/mol. The maximum atomic E-state index is 4.38. The Morgan fingerprint density at radius 3 is 3.14 bits per heavy atom. The number of nitrogens with zero attached hydrogens (tertiary/aromatic N) is 2. The summed E-state index contributed by atoms with van der Waals surface area (Å²) in [6, 6.07) is 0. The Labute approximate surface area is 85.5 Å². The fourth-order valence-corrected chi connectivity index (χ4v) is 2.15. The van der Waals surface area contributed by atoms with E-state index in [-0.39, 0.29) is 0 Å². The number of aromatic amines is 1. The quantitative estimate of drug-likeness (QED) is 0.781. The molecule has 78 valence electrons. The zero-order chi connectivity index (χ0) is 9.97. The number of hydrogen-bond acceptors (Lipinski definition) is 2. The van der Waals surface area contributed by atoms with Crippen LogP contribution in [0.25, 0.3) is 0 Å². The topological polar surface area (TPSA) is 31.9 Å². The molecule has 0 saturated carbocycles. The Bertz CT molecular complexity index is 292. The van der Waals surface area contributed by atoms with Crippen molar-refractivity contribution in [1.29, 1.82) is 0 Å². The molecule has 14 heavy (non-hydrogen) atoms. The van der Waals surface area contributed by atoms with Crippen LogP contribution in [-0.4, -0.2) is 23.1 Å². The molecule has 0 bridgehead atoms. The second kappa shape index (κ2) is 4.03. The van der Waals surface area contributed by atoms with Gasteiger partial charge in [0.1, 0.15) is 0 Å². The molecule has 1 aliphatic rings. The van der Waals surface area contributed by atoms with Crippen LogP contribution in [0.4, 0.5) is 5.95 Å². The van der Waals surface area contributed by atoms with Crippen molar-refractivity contribution in [2.24, 2.45) is 5.92 Å². The minimum atomic E-state index is 0.856. The first kappa shape index (κ1) is 9.56. The molecular weight excluding hydrogens is 174 g/mol. The normalized spacial score (nSPS) is 22.7. The van der Waals surface area contributed by atoms with Crippen molar-refractivity contribution in [3.63, 3.8) is 0 Å². The van der Waals surface area contributed by atoms with Crippen molar-refractivity contribution in [1.82, 2.24) is 9.97 Å². The molecule has 1 unspecified atom stereocenters. The van der Waals surface area contributed by atoms with Gasteiger partial charge in [0.2, 0.25) is 5.95 Å². The smallest absolute Gasteiger partial charge is 0.202 e. The first-order valence-corrected chi connectivity index (χ1v) is 5.56. The largest absolute Gasteiger partial charge is 0.342 e. The second-order valence-corrected chi connectivity index (χ2v) is 4.25. The van der Waals surface area contributed by atoms with Crippen molar-refractivity contribution in [3.05, 3.63) is 11.9 Å². The zero-order valence-electron chi connectivity index (χ0n) is 9.08. The number of rotatable bonds is 2. The highest BCUT2D eigenvalue weighted by molar-refractivity contribution is 5.31. The van der Waals surface area contributed by atoms with Crippen molar-refractivity contribution in [3.8, 4) is 0 Å². The average Bonchev–Trinajstić information content (AvgIpc) is 2.65. The van der Waals surface area contributed by atoms with Crippen molar-refractivity contribution < 1.29 is 0 Å². The summed E-state index contributed by atoms with van der Waals surface area (Å²) >= 11 is 0. The van der Waals surface area contributed by atoms with Gasteiger partial charge in [0.15, 0.2) is 0 Å². The van der Waals surface area contributed by atoms with Gasteiger partial charge in [-0.3, -0.25) is 0 Å². The van der Waals surface area contributed by atoms with E-state index in [0.717, 1.165) is 24.1 Å². The number of H-pyrrole nitrogens is 1. The van der Waals surface area contributed by atoms with E-state index in [4.69, 9.17) is 0 Å². The molecule has 1 aliphatic heterocycles. The Kier molecular flexibility index (Phi) is 2.75. The number of imidazole rings is 1. The summed E-state index contributed by atoms with van der Waals surface area (Å²) in [7, 11) is 0. The van der Waals surface area contributed by atoms with Gasteiger partial charge in [0.05, 0.1) is 0 Å². The molecule has 0 spiro atoms. The summed E-state index contributed by atoms with van der Waals surface area (Å²) in [6.45, 7) is 6.66. The molecule has 1 aromatic heterocycles. The van der Waals surface area contributed by atoms with Crippen LogP contribution in [0.3, 0.4) is 0 Å². The zero-order valence-corrected chi connectivity index (χ0v) is 9.08. The third-order valence-electron chi connectivity index (χ3n) is 3.09. The number of nitrogens with one attached hydrogen (secondary N) is 1. The lowest BCUT2D eigenvalue weighted by atomic mass is 9.96. The Balaban J connectivity index is 2.04. The molecule has 1 fully saturated rings. The first-order chi connectivity index (χ1) is 6.79. The van der Waals surface area contributed by atoms with Crippen LogP contribution in [0.2, 0.25) is 0 Å². The molecule has 1 aromatic rings. The van der Waals surface area contributed by atoms with E-state index < -0.39 is 0 Å². The standard InChI is InChI=1S/C11H19N3/c1-3-10-5-4-6-14(8-10)11-12-7-9(2)13-11/h7,10H,3-6,8H2,1-2H3,(H,12,13). The summed E-state index contributed by atoms with van der Waals surface area (Å²) in [5.41, 5.74) is 1.15. The molecular formula is C11H19N3. The number of hydrogen-bond donors (Lipinski definition) is 1. The van der Waals surface area contributed by atoms with E-state index in [9.17, 15) is 0 Å². The highest BCUT2D eigenvalue weighted by atomic mass is 15.3. The van der Waals surface area contributed by atoms with Gasteiger partial charge in [-0.2, -0.15) is 0 Å². The molecule has 0 aromatic carbocycles. The first-order valence-electron chi connectivity index (χ1n) is 5.56. The highest BCUT2D eigenvalue weighted by Crippen LogP contribution is 2.22. The Hall–Kier alpha value is -0.990. The fraction of sp³-hybridized carbons (Fsp3) is 0.727. The SMILES string of the molecule is CCC1CCCN(c2ncc(C)[nH]2)C1. The summed E-state index contributed by atoms with van der Waals surface area (Å²) in [4.78, 5) is 10.1. The van der Waals surface area contributed by atoms with Crippen LogP contribution in [0.15, 0.2) is 6.20 Å². The molecule has 1 atom stereocenters. The number of anilines is 1. The van der Waals surface area contributed by atoms with Gasteiger partial charge in [-0.1, -0.05) is 13.3 Å². The average molecular weight is 193 g/mol. The number of piperidine rings is 1. The van der Waals surface area contributed by atoms with E-state index in [0.29, 0.717) is 0 Å². The third-order valence-corrected chi connectivity index (χ3v) is 3.09. The monoisotopic (exact) mass is 193 g/mol. The van der Waals surface area contributed by atoms with Gasteiger partial charge in [-0.05, 0) is 25.7 Å². The van der Waals surface area contributed by atoms with Gasteiger partial charge < -0.3 is 9.88 Å². The lowest BCUT2D eigenvalue weighted by molar-refractivity contribution is 0.401. The molecule has 0 amide bonds. The highest BCUT2D eigenvalue weighted by Gasteiger charge is 2.19. The fourth-order valence-electron chi connectivity index (χ4n) is 2.15.